The van der Waals surface area contributed by atoms with Crippen molar-refractivity contribution in [3.8, 4) is 5.75 Å². The topological polar surface area (TPSA) is 70.0 Å². The van der Waals surface area contributed by atoms with Crippen LogP contribution in [0.15, 0.2) is 42.5 Å². The number of carboxylic acids is 1. The number of nitrogens with zero attached hydrogens (tertiary/aromatic N) is 1. The van der Waals surface area contributed by atoms with E-state index >= 15 is 0 Å². The Hall–Kier alpha value is -2.37. The normalized spacial score (nSPS) is 19.5. The van der Waals surface area contributed by atoms with Crippen LogP contribution in [0.2, 0.25) is 0 Å². The third-order valence-corrected chi connectivity index (χ3v) is 6.30. The Bertz CT molecular complexity index is 871. The number of fused-ring (bicyclic) bond motifs is 2. The first kappa shape index (κ1) is 19.0. The zero-order valence-electron chi connectivity index (χ0n) is 16.2. The number of rotatable bonds is 5. The number of hydrogen-bond donors (Lipinski definition) is 2. The van der Waals surface area contributed by atoms with Crippen LogP contribution in [-0.2, 0) is 28.2 Å². The molecule has 1 fully saturated rings. The molecular formula is C23H27NO4. The third-order valence-electron chi connectivity index (χ3n) is 6.30. The Morgan fingerprint density at radius 1 is 1.21 bits per heavy atom. The number of hydrogen-bond acceptors (Lipinski definition) is 4. The molecule has 28 heavy (non-hydrogen) atoms. The predicted molar refractivity (Wildman–Crippen MR) is 106 cm³/mol. The molecule has 2 aliphatic rings. The van der Waals surface area contributed by atoms with E-state index in [4.69, 9.17) is 4.74 Å². The minimum absolute atomic E-state index is 0.182. The SMILES string of the molecule is Cc1ccc(O)cc1CC(CN1CCC2(CC1)OCc1ccccc12)C(=O)O. The standard InChI is InChI=1S/C23H27NO4/c1-16-6-7-20(25)13-18(16)12-19(22(26)27)14-24-10-8-23(9-11-24)21-5-3-2-4-17(21)15-28-23/h2-7,13,19,25H,8-12,14-15H2,1H3,(H,26,27). The highest BCUT2D eigenvalue weighted by molar-refractivity contribution is 5.70. The summed E-state index contributed by atoms with van der Waals surface area (Å²) in [6.07, 6.45) is 2.21. The van der Waals surface area contributed by atoms with Gasteiger partial charge in [0.1, 0.15) is 5.75 Å². The van der Waals surface area contributed by atoms with Gasteiger partial charge in [0.25, 0.3) is 0 Å². The summed E-state index contributed by atoms with van der Waals surface area (Å²) in [4.78, 5) is 14.1. The van der Waals surface area contributed by atoms with Gasteiger partial charge in [0, 0.05) is 19.6 Å². The van der Waals surface area contributed by atoms with Crippen LogP contribution in [0.3, 0.4) is 0 Å². The van der Waals surface area contributed by atoms with Crippen LogP contribution in [0.1, 0.15) is 35.1 Å². The molecule has 4 rings (SSSR count). The van der Waals surface area contributed by atoms with E-state index in [0.717, 1.165) is 37.1 Å². The molecule has 2 aromatic rings. The monoisotopic (exact) mass is 381 g/mol. The van der Waals surface area contributed by atoms with Crippen molar-refractivity contribution in [2.75, 3.05) is 19.6 Å². The van der Waals surface area contributed by atoms with Crippen LogP contribution >= 0.6 is 0 Å². The molecule has 2 heterocycles. The molecule has 0 aliphatic carbocycles. The van der Waals surface area contributed by atoms with Crippen molar-refractivity contribution in [1.82, 2.24) is 4.90 Å². The average molecular weight is 381 g/mol. The zero-order valence-corrected chi connectivity index (χ0v) is 16.2. The van der Waals surface area contributed by atoms with E-state index in [1.165, 1.54) is 11.1 Å². The number of aromatic hydroxyl groups is 1. The van der Waals surface area contributed by atoms with E-state index in [2.05, 4.69) is 29.2 Å². The second-order valence-corrected chi connectivity index (χ2v) is 8.09. The largest absolute Gasteiger partial charge is 0.508 e. The van der Waals surface area contributed by atoms with Crippen molar-refractivity contribution in [1.29, 1.82) is 0 Å². The Labute approximate surface area is 165 Å². The summed E-state index contributed by atoms with van der Waals surface area (Å²) >= 11 is 0. The first-order valence-corrected chi connectivity index (χ1v) is 9.93. The number of phenolic OH excluding ortho intramolecular Hbond substituents is 1. The lowest BCUT2D eigenvalue weighted by molar-refractivity contribution is -0.143. The Balaban J connectivity index is 1.42. The predicted octanol–water partition coefficient (Wildman–Crippen LogP) is 3.47. The molecule has 1 spiro atoms. The highest BCUT2D eigenvalue weighted by atomic mass is 16.5. The number of piperidine rings is 1. The van der Waals surface area contributed by atoms with Crippen molar-refractivity contribution in [3.63, 3.8) is 0 Å². The quantitative estimate of drug-likeness (QED) is 0.830. The lowest BCUT2D eigenvalue weighted by atomic mass is 9.83. The maximum atomic E-state index is 11.9. The Kier molecular flexibility index (Phi) is 5.13. The molecule has 0 saturated carbocycles. The van der Waals surface area contributed by atoms with Crippen LogP contribution in [0.25, 0.3) is 0 Å². The lowest BCUT2D eigenvalue weighted by Crippen LogP contribution is -2.45. The third kappa shape index (κ3) is 3.64. The van der Waals surface area contributed by atoms with Gasteiger partial charge < -0.3 is 19.8 Å². The molecule has 2 aromatic carbocycles. The summed E-state index contributed by atoms with van der Waals surface area (Å²) in [5.74, 6) is -1.10. The molecule has 0 radical (unpaired) electrons. The van der Waals surface area contributed by atoms with Gasteiger partial charge in [0.05, 0.1) is 18.1 Å². The molecule has 5 nitrogen and oxygen atoms in total. The van der Waals surface area contributed by atoms with Crippen molar-refractivity contribution in [2.45, 2.75) is 38.4 Å². The fraction of sp³-hybridized carbons (Fsp3) is 0.435. The Morgan fingerprint density at radius 3 is 2.71 bits per heavy atom. The molecule has 0 bridgehead atoms. The van der Waals surface area contributed by atoms with Gasteiger partial charge in [0.15, 0.2) is 0 Å². The van der Waals surface area contributed by atoms with E-state index < -0.39 is 11.9 Å². The van der Waals surface area contributed by atoms with E-state index in [1.807, 2.05) is 13.0 Å². The molecule has 0 aromatic heterocycles. The van der Waals surface area contributed by atoms with Crippen molar-refractivity contribution >= 4 is 5.97 Å². The van der Waals surface area contributed by atoms with Crippen LogP contribution in [-0.4, -0.2) is 40.7 Å². The van der Waals surface area contributed by atoms with Crippen molar-refractivity contribution < 1.29 is 19.7 Å². The number of aliphatic carboxylic acids is 1. The number of aryl methyl sites for hydroxylation is 1. The second-order valence-electron chi connectivity index (χ2n) is 8.09. The summed E-state index contributed by atoms with van der Waals surface area (Å²) in [6, 6.07) is 13.6. The smallest absolute Gasteiger partial charge is 0.308 e. The molecule has 0 amide bonds. The van der Waals surface area contributed by atoms with Gasteiger partial charge in [0.2, 0.25) is 0 Å². The van der Waals surface area contributed by atoms with Crippen LogP contribution in [0.4, 0.5) is 0 Å². The molecule has 148 valence electrons. The molecule has 2 N–H and O–H groups in total. The van der Waals surface area contributed by atoms with E-state index in [1.54, 1.807) is 12.1 Å². The van der Waals surface area contributed by atoms with E-state index in [-0.39, 0.29) is 11.4 Å². The summed E-state index contributed by atoms with van der Waals surface area (Å²) in [7, 11) is 0. The number of benzene rings is 2. The second kappa shape index (κ2) is 7.57. The molecule has 1 saturated heterocycles. The summed E-state index contributed by atoms with van der Waals surface area (Å²) in [6.45, 7) is 4.80. The minimum atomic E-state index is -0.787. The first-order valence-electron chi connectivity index (χ1n) is 9.93. The molecule has 5 heteroatoms. The van der Waals surface area contributed by atoms with Gasteiger partial charge in [-0.1, -0.05) is 30.3 Å². The fourth-order valence-electron chi connectivity index (χ4n) is 4.58. The zero-order chi connectivity index (χ0) is 19.7. The van der Waals surface area contributed by atoms with Crippen LogP contribution in [0.5, 0.6) is 5.75 Å². The minimum Gasteiger partial charge on any atom is -0.508 e. The molecular weight excluding hydrogens is 354 g/mol. The maximum Gasteiger partial charge on any atom is 0.308 e. The summed E-state index contributed by atoms with van der Waals surface area (Å²) < 4.78 is 6.21. The van der Waals surface area contributed by atoms with E-state index in [0.29, 0.717) is 19.6 Å². The van der Waals surface area contributed by atoms with Gasteiger partial charge in [-0.05, 0) is 60.6 Å². The van der Waals surface area contributed by atoms with Gasteiger partial charge in [-0.2, -0.15) is 0 Å². The number of carboxylic acid groups (broad SMARTS) is 1. The van der Waals surface area contributed by atoms with Gasteiger partial charge in [-0.15, -0.1) is 0 Å². The van der Waals surface area contributed by atoms with Crippen molar-refractivity contribution in [2.24, 2.45) is 5.92 Å². The van der Waals surface area contributed by atoms with E-state index in [9.17, 15) is 15.0 Å². The van der Waals surface area contributed by atoms with Crippen LogP contribution < -0.4 is 0 Å². The van der Waals surface area contributed by atoms with Gasteiger partial charge in [-0.25, -0.2) is 0 Å². The van der Waals surface area contributed by atoms with Gasteiger partial charge in [-0.3, -0.25) is 4.79 Å². The summed E-state index contributed by atoms with van der Waals surface area (Å²) in [5, 5.41) is 19.5. The molecule has 1 unspecified atom stereocenters. The first-order chi connectivity index (χ1) is 13.5. The van der Waals surface area contributed by atoms with Crippen molar-refractivity contribution in [3.05, 3.63) is 64.7 Å². The molecule has 2 aliphatic heterocycles. The highest BCUT2D eigenvalue weighted by Gasteiger charge is 2.42. The maximum absolute atomic E-state index is 11.9. The van der Waals surface area contributed by atoms with Gasteiger partial charge >= 0.3 is 5.97 Å². The summed E-state index contributed by atoms with van der Waals surface area (Å²) in [5.41, 5.74) is 4.29. The highest BCUT2D eigenvalue weighted by Crippen LogP contribution is 2.44. The number of carbonyl (C=O) groups is 1. The number of likely N-dealkylation sites (tertiary alicyclic amines) is 1. The molecule has 1 atom stereocenters. The number of ether oxygens (including phenoxy) is 1. The fourth-order valence-corrected chi connectivity index (χ4v) is 4.58. The van der Waals surface area contributed by atoms with Crippen LogP contribution in [0, 0.1) is 12.8 Å². The lowest BCUT2D eigenvalue weighted by Gasteiger charge is -2.40. The Morgan fingerprint density at radius 2 is 1.96 bits per heavy atom. The average Bonchev–Trinajstić information content (AvgIpc) is 3.04. The number of phenols is 1.